The molecule has 0 fully saturated rings. The Hall–Kier alpha value is -1.22. The topological polar surface area (TPSA) is 94.5 Å². The molecule has 0 aromatic heterocycles. The Morgan fingerprint density at radius 1 is 1.03 bits per heavy atom. The number of hydrogen-bond donors (Lipinski definition) is 2. The van der Waals surface area contributed by atoms with Gasteiger partial charge in [-0.25, -0.2) is 0 Å². The van der Waals surface area contributed by atoms with Crippen molar-refractivity contribution in [2.75, 3.05) is 47.5 Å². The SMILES string of the molecule is CCCCCCOc1cccc(OCCCCOP(O)(=S)O[C@H](CC(=O)O)C[N+](C)(C)C)c1. The van der Waals surface area contributed by atoms with Crippen molar-refractivity contribution in [3.8, 4) is 11.5 Å². The normalized spacial score (nSPS) is 14.5. The summed E-state index contributed by atoms with van der Waals surface area (Å²) in [5.74, 6) is 0.538. The summed E-state index contributed by atoms with van der Waals surface area (Å²) in [7, 11) is 5.74. The lowest BCUT2D eigenvalue weighted by Gasteiger charge is -2.30. The first-order valence-corrected chi connectivity index (χ1v) is 14.1. The van der Waals surface area contributed by atoms with Crippen LogP contribution < -0.4 is 9.47 Å². The van der Waals surface area contributed by atoms with E-state index in [0.717, 1.165) is 17.9 Å². The van der Waals surface area contributed by atoms with Crippen LogP contribution in [0.1, 0.15) is 51.9 Å². The zero-order valence-electron chi connectivity index (χ0n) is 20.4. The highest BCUT2D eigenvalue weighted by Crippen LogP contribution is 2.45. The summed E-state index contributed by atoms with van der Waals surface area (Å²) in [6, 6.07) is 7.60. The summed E-state index contributed by atoms with van der Waals surface area (Å²) in [5.41, 5.74) is 0. The van der Waals surface area contributed by atoms with E-state index in [4.69, 9.17) is 35.4 Å². The van der Waals surface area contributed by atoms with Crippen molar-refractivity contribution < 1.29 is 37.8 Å². The van der Waals surface area contributed by atoms with Crippen LogP contribution in [0, 0.1) is 0 Å². The average Bonchev–Trinajstić information content (AvgIpc) is 2.68. The molecule has 0 saturated carbocycles. The summed E-state index contributed by atoms with van der Waals surface area (Å²) in [5, 5.41) is 9.08. The molecule has 0 bridgehead atoms. The second-order valence-electron chi connectivity index (χ2n) is 9.04. The van der Waals surface area contributed by atoms with E-state index in [0.29, 0.717) is 37.1 Å². The van der Waals surface area contributed by atoms with E-state index in [2.05, 4.69) is 6.92 Å². The van der Waals surface area contributed by atoms with Gasteiger partial charge in [0.05, 0.1) is 47.4 Å². The van der Waals surface area contributed by atoms with E-state index < -0.39 is 18.8 Å². The molecule has 1 aromatic carbocycles. The Kier molecular flexibility index (Phi) is 14.1. The Bertz CT molecular complexity index is 742. The Morgan fingerprint density at radius 3 is 2.15 bits per heavy atom. The van der Waals surface area contributed by atoms with Gasteiger partial charge in [0, 0.05) is 6.07 Å². The minimum atomic E-state index is -3.52. The molecule has 1 aromatic rings. The van der Waals surface area contributed by atoms with Crippen LogP contribution in [0.15, 0.2) is 24.3 Å². The molecule has 0 radical (unpaired) electrons. The number of hydrogen-bond acceptors (Lipinski definition) is 6. The molecular weight excluding hydrogens is 465 g/mol. The van der Waals surface area contributed by atoms with Gasteiger partial charge in [0.1, 0.15) is 24.1 Å². The maximum absolute atomic E-state index is 11.1. The van der Waals surface area contributed by atoms with E-state index in [1.54, 1.807) is 0 Å². The smallest absolute Gasteiger partial charge is 0.325 e. The van der Waals surface area contributed by atoms with Crippen molar-refractivity contribution in [3.63, 3.8) is 0 Å². The Morgan fingerprint density at radius 2 is 1.61 bits per heavy atom. The van der Waals surface area contributed by atoms with Crippen LogP contribution in [-0.4, -0.2) is 74.1 Å². The fraction of sp³-hybridized carbons (Fsp3) is 0.696. The lowest BCUT2D eigenvalue weighted by atomic mass is 10.2. The number of nitrogens with zero attached hydrogens (tertiary/aromatic N) is 1. The molecule has 0 heterocycles. The van der Waals surface area contributed by atoms with Gasteiger partial charge < -0.3 is 28.5 Å². The molecule has 0 aliphatic rings. The third kappa shape index (κ3) is 16.1. The number of carboxylic acids is 1. The van der Waals surface area contributed by atoms with Crippen LogP contribution in [0.2, 0.25) is 0 Å². The summed E-state index contributed by atoms with van der Waals surface area (Å²) in [6.45, 7) is 0.464. The summed E-state index contributed by atoms with van der Waals surface area (Å²) < 4.78 is 22.9. The largest absolute Gasteiger partial charge is 0.493 e. The summed E-state index contributed by atoms with van der Waals surface area (Å²) >= 11 is 5.07. The lowest BCUT2D eigenvalue weighted by molar-refractivity contribution is -0.873. The predicted molar refractivity (Wildman–Crippen MR) is 133 cm³/mol. The molecule has 0 spiro atoms. The molecule has 8 nitrogen and oxygen atoms in total. The quantitative estimate of drug-likeness (QED) is 0.160. The molecule has 33 heavy (non-hydrogen) atoms. The zero-order valence-corrected chi connectivity index (χ0v) is 22.1. The van der Waals surface area contributed by atoms with Crippen molar-refractivity contribution >= 4 is 24.5 Å². The van der Waals surface area contributed by atoms with Crippen LogP contribution in [0.25, 0.3) is 0 Å². The number of carboxylic acid groups (broad SMARTS) is 1. The molecule has 1 unspecified atom stereocenters. The Labute approximate surface area is 203 Å². The second kappa shape index (κ2) is 15.6. The molecule has 0 saturated heterocycles. The van der Waals surface area contributed by atoms with Gasteiger partial charge in [-0.15, -0.1) is 0 Å². The molecule has 1 rings (SSSR count). The van der Waals surface area contributed by atoms with E-state index in [1.165, 1.54) is 19.3 Å². The number of rotatable bonds is 19. The van der Waals surface area contributed by atoms with Crippen LogP contribution in [0.4, 0.5) is 0 Å². The van der Waals surface area contributed by atoms with Crippen molar-refractivity contribution in [3.05, 3.63) is 24.3 Å². The number of quaternary nitrogens is 1. The maximum atomic E-state index is 11.1. The van der Waals surface area contributed by atoms with Gasteiger partial charge in [-0.1, -0.05) is 32.3 Å². The first kappa shape index (κ1) is 29.8. The van der Waals surface area contributed by atoms with Crippen molar-refractivity contribution in [2.24, 2.45) is 0 Å². The summed E-state index contributed by atoms with van der Waals surface area (Å²) in [4.78, 5) is 21.4. The molecular formula is C23H41NO7PS+. The fourth-order valence-electron chi connectivity index (χ4n) is 3.11. The fourth-order valence-corrected chi connectivity index (χ4v) is 4.63. The van der Waals surface area contributed by atoms with Crippen molar-refractivity contribution in [1.82, 2.24) is 0 Å². The number of unbranched alkanes of at least 4 members (excludes halogenated alkanes) is 4. The molecule has 2 N–H and O–H groups in total. The molecule has 2 atom stereocenters. The second-order valence-corrected chi connectivity index (χ2v) is 11.8. The van der Waals surface area contributed by atoms with Crippen molar-refractivity contribution in [1.29, 1.82) is 0 Å². The summed E-state index contributed by atoms with van der Waals surface area (Å²) in [6.07, 6.45) is 5.02. The first-order valence-electron chi connectivity index (χ1n) is 11.5. The van der Waals surface area contributed by atoms with Gasteiger partial charge in [-0.2, -0.15) is 0 Å². The van der Waals surface area contributed by atoms with E-state index in [9.17, 15) is 9.69 Å². The van der Waals surface area contributed by atoms with Crippen molar-refractivity contribution in [2.45, 2.75) is 58.0 Å². The van der Waals surface area contributed by atoms with Crippen LogP contribution in [0.3, 0.4) is 0 Å². The van der Waals surface area contributed by atoms with E-state index in [1.807, 2.05) is 45.4 Å². The lowest BCUT2D eigenvalue weighted by Crippen LogP contribution is -2.42. The van der Waals surface area contributed by atoms with Gasteiger partial charge in [-0.05, 0) is 43.2 Å². The standard InChI is InChI=1S/C23H40NO7PS/c1-5-6-7-8-14-28-20-12-11-13-21(17-20)29-15-9-10-16-30-32(27,33)31-22(18-23(25)26)19-24(2,3)4/h11-13,17,22H,5-10,14-16,18-19H2,1-4H3,(H-,25,26,27,33)/p+1/t22-,32?/m1/s1. The minimum Gasteiger partial charge on any atom is -0.493 e. The number of ether oxygens (including phenoxy) is 2. The van der Waals surface area contributed by atoms with Gasteiger partial charge in [-0.3, -0.25) is 9.32 Å². The highest BCUT2D eigenvalue weighted by molar-refractivity contribution is 8.07. The predicted octanol–water partition coefficient (Wildman–Crippen LogP) is 4.60. The number of aliphatic carboxylic acids is 1. The molecule has 0 amide bonds. The van der Waals surface area contributed by atoms with Gasteiger partial charge in [0.25, 0.3) is 0 Å². The van der Waals surface area contributed by atoms with Crippen LogP contribution >= 0.6 is 6.72 Å². The Balaban J connectivity index is 2.31. The third-order valence-corrected chi connectivity index (χ3v) is 6.22. The van der Waals surface area contributed by atoms with E-state index in [-0.39, 0.29) is 13.0 Å². The van der Waals surface area contributed by atoms with Gasteiger partial charge in [0.15, 0.2) is 0 Å². The third-order valence-electron chi connectivity index (χ3n) is 4.57. The van der Waals surface area contributed by atoms with Crippen LogP contribution in [0.5, 0.6) is 11.5 Å². The van der Waals surface area contributed by atoms with Gasteiger partial charge in [0.2, 0.25) is 0 Å². The number of benzene rings is 1. The van der Waals surface area contributed by atoms with Crippen LogP contribution in [-0.2, 0) is 25.6 Å². The van der Waals surface area contributed by atoms with E-state index >= 15 is 0 Å². The maximum Gasteiger partial charge on any atom is 0.325 e. The highest BCUT2D eigenvalue weighted by Gasteiger charge is 2.28. The molecule has 10 heteroatoms. The minimum absolute atomic E-state index is 0.211. The zero-order chi connectivity index (χ0) is 24.7. The monoisotopic (exact) mass is 506 g/mol. The number of carbonyl (C=O) groups is 1. The highest BCUT2D eigenvalue weighted by atomic mass is 32.5. The number of likely N-dealkylation sites (N-methyl/N-ethyl adjacent to an activating group) is 1. The average molecular weight is 507 g/mol. The molecule has 190 valence electrons. The van der Waals surface area contributed by atoms with Gasteiger partial charge >= 0.3 is 12.7 Å². The molecule has 0 aliphatic carbocycles. The first-order chi connectivity index (χ1) is 15.5. The molecule has 0 aliphatic heterocycles.